The maximum atomic E-state index is 12.4. The Kier molecular flexibility index (Phi) is 25.1. The summed E-state index contributed by atoms with van der Waals surface area (Å²) < 4.78 is 19.5. The third kappa shape index (κ3) is 22.6. The number of ether oxygens (including phenoxy) is 4. The summed E-state index contributed by atoms with van der Waals surface area (Å²) in [6.45, 7) is 8.48. The minimum Gasteiger partial charge on any atom is -0.469 e. The van der Waals surface area contributed by atoms with Crippen LogP contribution in [-0.2, 0) is 70.5 Å². The first kappa shape index (κ1) is 48.1. The molecule has 0 bridgehead atoms. The lowest BCUT2D eigenvalue weighted by Gasteiger charge is -2.18. The lowest BCUT2D eigenvalue weighted by molar-refractivity contribution is -0.149. The van der Waals surface area contributed by atoms with E-state index in [9.17, 15) is 38.4 Å². The zero-order valence-corrected chi connectivity index (χ0v) is 32.3. The van der Waals surface area contributed by atoms with Crippen LogP contribution in [0.5, 0.6) is 0 Å². The van der Waals surface area contributed by atoms with E-state index in [2.05, 4.69) is 14.8 Å². The number of carbonyl (C=O) groups is 8. The number of nitrogens with one attached hydrogen (secondary N) is 1. The fourth-order valence-corrected chi connectivity index (χ4v) is 4.18. The van der Waals surface area contributed by atoms with E-state index in [4.69, 9.17) is 21.1 Å². The number of ketones is 2. The molecule has 2 aromatic rings. The van der Waals surface area contributed by atoms with Crippen molar-refractivity contribution in [2.24, 2.45) is 17.8 Å². The zero-order valence-electron chi connectivity index (χ0n) is 31.5. The van der Waals surface area contributed by atoms with Crippen LogP contribution in [-0.4, -0.2) is 66.9 Å². The average molecular weight is 762 g/mol. The van der Waals surface area contributed by atoms with Crippen molar-refractivity contribution in [1.29, 1.82) is 0 Å². The largest absolute Gasteiger partial charge is 0.469 e. The predicted octanol–water partition coefficient (Wildman–Crippen LogP) is 5.47. The standard InChI is InChI=1S/C19H25NO6.C17H22O5.C3H5ClO/c1-4-17(22)20-15(16(21)10-13(2)19(24)25-3)11-18(23)26-12-14-8-6-5-7-9-14;1-12(15(18)9-13(2)17(20)21-3)10-16(19)22-11-14-7-5-4-6-8-14;1-2-3(4)5/h5-9,13,15H,4,10-12H2,1-3H3,(H,20,22);4-8,12-13H,9-11H2,1-3H3;2H2,1H3/t13-,15-;12-,13-;/m11./s1. The number of hydrogen-bond acceptors (Lipinski definition) is 12. The average Bonchev–Trinajstić information content (AvgIpc) is 3.16. The van der Waals surface area contributed by atoms with Gasteiger partial charge in [-0.2, -0.15) is 0 Å². The van der Waals surface area contributed by atoms with Crippen LogP contribution in [0.1, 0.15) is 84.3 Å². The molecule has 13 nitrogen and oxygen atoms in total. The first-order valence-corrected chi connectivity index (χ1v) is 17.5. The third-order valence-electron chi connectivity index (χ3n) is 7.42. The molecule has 0 radical (unpaired) electrons. The molecule has 0 unspecified atom stereocenters. The van der Waals surface area contributed by atoms with E-state index in [1.165, 1.54) is 14.2 Å². The summed E-state index contributed by atoms with van der Waals surface area (Å²) >= 11 is 4.82. The smallest absolute Gasteiger partial charge is 0.308 e. The van der Waals surface area contributed by atoms with Crippen LogP contribution in [0.4, 0.5) is 0 Å². The van der Waals surface area contributed by atoms with Crippen LogP contribution in [0.15, 0.2) is 60.7 Å². The molecular formula is C39H52ClNO12. The van der Waals surface area contributed by atoms with Gasteiger partial charge in [0.25, 0.3) is 0 Å². The van der Waals surface area contributed by atoms with Crippen LogP contribution >= 0.6 is 11.6 Å². The molecule has 0 spiro atoms. The lowest BCUT2D eigenvalue weighted by atomic mass is 9.94. The Morgan fingerprint density at radius 1 is 0.585 bits per heavy atom. The van der Waals surface area contributed by atoms with Crippen molar-refractivity contribution in [1.82, 2.24) is 5.32 Å². The van der Waals surface area contributed by atoms with Gasteiger partial charge < -0.3 is 24.3 Å². The summed E-state index contributed by atoms with van der Waals surface area (Å²) in [5.41, 5.74) is 1.72. The van der Waals surface area contributed by atoms with E-state index >= 15 is 0 Å². The number of methoxy groups -OCH3 is 2. The highest BCUT2D eigenvalue weighted by Gasteiger charge is 2.28. The highest BCUT2D eigenvalue weighted by atomic mass is 35.5. The fraction of sp³-hybridized carbons (Fsp3) is 0.487. The molecule has 14 heteroatoms. The zero-order chi connectivity index (χ0) is 40.3. The van der Waals surface area contributed by atoms with Crippen molar-refractivity contribution >= 4 is 58.2 Å². The first-order valence-electron chi connectivity index (χ1n) is 17.2. The van der Waals surface area contributed by atoms with Gasteiger partial charge in [0.1, 0.15) is 19.0 Å². The molecule has 0 saturated carbocycles. The molecule has 0 fully saturated rings. The highest BCUT2D eigenvalue weighted by molar-refractivity contribution is 6.63. The molecule has 0 aromatic heterocycles. The quantitative estimate of drug-likeness (QED) is 0.108. The SMILES string of the molecule is CCC(=O)Cl.CCC(=O)N[C@H](CC(=O)OCc1ccccc1)C(=O)C[C@@H](C)C(=O)OC.COC(=O)[C@H](C)CC(=O)[C@H](C)CC(=O)OCc1ccccc1. The van der Waals surface area contributed by atoms with E-state index in [1.54, 1.807) is 34.6 Å². The van der Waals surface area contributed by atoms with Gasteiger partial charge in [0.05, 0.1) is 44.9 Å². The minimum atomic E-state index is -1.03. The summed E-state index contributed by atoms with van der Waals surface area (Å²) in [6.07, 6.45) is 0.273. The maximum absolute atomic E-state index is 12.4. The second kappa shape index (κ2) is 27.7. The number of carbonyl (C=O) groups excluding carboxylic acids is 8. The molecule has 2 aromatic carbocycles. The summed E-state index contributed by atoms with van der Waals surface area (Å²) in [5.74, 6) is -4.52. The lowest BCUT2D eigenvalue weighted by Crippen LogP contribution is -2.43. The molecule has 4 atom stereocenters. The summed E-state index contributed by atoms with van der Waals surface area (Å²) in [6, 6.07) is 17.4. The van der Waals surface area contributed by atoms with E-state index < -0.39 is 53.5 Å². The number of halogens is 1. The van der Waals surface area contributed by atoms with Gasteiger partial charge in [-0.05, 0) is 22.7 Å². The second-order valence-corrected chi connectivity index (χ2v) is 12.4. The van der Waals surface area contributed by atoms with Crippen LogP contribution < -0.4 is 5.32 Å². The molecule has 53 heavy (non-hydrogen) atoms. The second-order valence-electron chi connectivity index (χ2n) is 12.0. The monoisotopic (exact) mass is 761 g/mol. The van der Waals surface area contributed by atoms with Gasteiger partial charge in [-0.3, -0.25) is 38.4 Å². The Hall–Kier alpha value is -4.91. The number of Topliss-reactive ketones (excluding diaryl/α,β-unsaturated/α-hetero) is 2. The van der Waals surface area contributed by atoms with Crippen LogP contribution in [0, 0.1) is 17.8 Å². The molecule has 0 heterocycles. The van der Waals surface area contributed by atoms with E-state index in [1.807, 2.05) is 60.7 Å². The van der Waals surface area contributed by atoms with Gasteiger partial charge in [0.2, 0.25) is 11.1 Å². The van der Waals surface area contributed by atoms with Crippen molar-refractivity contribution in [3.8, 4) is 0 Å². The Morgan fingerprint density at radius 3 is 1.36 bits per heavy atom. The maximum Gasteiger partial charge on any atom is 0.308 e. The molecule has 0 aliphatic rings. The molecule has 0 aliphatic heterocycles. The predicted molar refractivity (Wildman–Crippen MR) is 196 cm³/mol. The van der Waals surface area contributed by atoms with Crippen molar-refractivity contribution in [3.63, 3.8) is 0 Å². The molecule has 1 N–H and O–H groups in total. The number of esters is 4. The van der Waals surface area contributed by atoms with Crippen LogP contribution in [0.25, 0.3) is 0 Å². The summed E-state index contributed by atoms with van der Waals surface area (Å²) in [5, 5.41) is 2.24. The Bertz CT molecular complexity index is 1470. The molecular weight excluding hydrogens is 710 g/mol. The van der Waals surface area contributed by atoms with Gasteiger partial charge in [-0.25, -0.2) is 0 Å². The van der Waals surface area contributed by atoms with Crippen LogP contribution in [0.2, 0.25) is 0 Å². The topological polar surface area (TPSA) is 186 Å². The Morgan fingerprint density at radius 2 is 0.981 bits per heavy atom. The Balaban J connectivity index is 0.000000913. The first-order chi connectivity index (χ1) is 25.1. The minimum absolute atomic E-state index is 0.0135. The number of hydrogen-bond donors (Lipinski definition) is 1. The number of rotatable bonds is 19. The van der Waals surface area contributed by atoms with E-state index in [-0.39, 0.29) is 62.3 Å². The summed E-state index contributed by atoms with van der Waals surface area (Å²) in [7, 11) is 2.52. The van der Waals surface area contributed by atoms with Crippen LogP contribution in [0.3, 0.4) is 0 Å². The fourth-order valence-electron chi connectivity index (χ4n) is 4.18. The van der Waals surface area contributed by atoms with Crippen molar-refractivity contribution in [2.45, 2.75) is 92.4 Å². The molecule has 2 rings (SSSR count). The Labute approximate surface area is 316 Å². The van der Waals surface area contributed by atoms with E-state index in [0.29, 0.717) is 6.42 Å². The van der Waals surface area contributed by atoms with Gasteiger partial charge in [-0.15, -0.1) is 0 Å². The normalized spacial score (nSPS) is 12.3. The van der Waals surface area contributed by atoms with Gasteiger partial charge in [0, 0.05) is 31.6 Å². The molecule has 1 amide bonds. The van der Waals surface area contributed by atoms with Crippen molar-refractivity contribution in [3.05, 3.63) is 71.8 Å². The van der Waals surface area contributed by atoms with Gasteiger partial charge in [-0.1, -0.05) is 95.3 Å². The van der Waals surface area contributed by atoms with Crippen molar-refractivity contribution < 1.29 is 57.3 Å². The number of benzene rings is 2. The van der Waals surface area contributed by atoms with Crippen molar-refractivity contribution in [2.75, 3.05) is 14.2 Å². The molecule has 292 valence electrons. The summed E-state index contributed by atoms with van der Waals surface area (Å²) in [4.78, 5) is 92.2. The molecule has 0 saturated heterocycles. The third-order valence-corrected chi connectivity index (χ3v) is 7.69. The van der Waals surface area contributed by atoms with Gasteiger partial charge in [0.15, 0.2) is 5.78 Å². The molecule has 0 aliphatic carbocycles. The highest BCUT2D eigenvalue weighted by Crippen LogP contribution is 2.15. The van der Waals surface area contributed by atoms with Gasteiger partial charge >= 0.3 is 23.9 Å². The number of amides is 1. The van der Waals surface area contributed by atoms with E-state index in [0.717, 1.165) is 11.1 Å².